The van der Waals surface area contributed by atoms with Gasteiger partial charge < -0.3 is 10.6 Å². The molecule has 2 rings (SSSR count). The second kappa shape index (κ2) is 8.46. The van der Waals surface area contributed by atoms with E-state index >= 15 is 0 Å². The highest BCUT2D eigenvalue weighted by Crippen LogP contribution is 2.13. The number of amides is 2. The van der Waals surface area contributed by atoms with Crippen molar-refractivity contribution in [2.45, 2.75) is 59.5 Å². The van der Waals surface area contributed by atoms with Gasteiger partial charge in [-0.3, -0.25) is 14.3 Å². The maximum absolute atomic E-state index is 12.2. The summed E-state index contributed by atoms with van der Waals surface area (Å²) in [5, 5.41) is 13.7. The Morgan fingerprint density at radius 1 is 1.20 bits per heavy atom. The van der Waals surface area contributed by atoms with Gasteiger partial charge in [-0.05, 0) is 27.2 Å². The van der Waals surface area contributed by atoms with E-state index in [0.29, 0.717) is 18.1 Å². The van der Waals surface area contributed by atoms with E-state index in [9.17, 15) is 9.59 Å². The van der Waals surface area contributed by atoms with E-state index in [1.165, 1.54) is 6.20 Å². The molecule has 2 amide bonds. The molecule has 0 radical (unpaired) electrons. The number of aryl methyl sites for hydroxylation is 2. The molecule has 0 fully saturated rings. The molecule has 0 bridgehead atoms. The van der Waals surface area contributed by atoms with Crippen molar-refractivity contribution in [2.24, 2.45) is 0 Å². The van der Waals surface area contributed by atoms with Crippen molar-refractivity contribution < 1.29 is 9.59 Å². The third kappa shape index (κ3) is 5.17. The predicted octanol–water partition coefficient (Wildman–Crippen LogP) is 2.74. The van der Waals surface area contributed by atoms with Crippen LogP contribution in [0.2, 0.25) is 0 Å². The zero-order valence-corrected chi connectivity index (χ0v) is 15.2. The Morgan fingerprint density at radius 3 is 2.56 bits per heavy atom. The molecule has 8 heteroatoms. The van der Waals surface area contributed by atoms with E-state index in [0.717, 1.165) is 25.0 Å². The minimum atomic E-state index is -0.734. The van der Waals surface area contributed by atoms with Gasteiger partial charge in [0.25, 0.3) is 0 Å². The fourth-order valence-electron chi connectivity index (χ4n) is 2.37. The number of rotatable bonds is 7. The Labute approximate surface area is 147 Å². The van der Waals surface area contributed by atoms with Crippen LogP contribution in [0.1, 0.15) is 51.8 Å². The molecule has 0 saturated heterocycles. The van der Waals surface area contributed by atoms with Crippen LogP contribution in [-0.2, 0) is 16.1 Å². The van der Waals surface area contributed by atoms with Crippen molar-refractivity contribution in [3.8, 4) is 0 Å². The van der Waals surface area contributed by atoms with E-state index in [4.69, 9.17) is 0 Å². The Balaban J connectivity index is 1.97. The summed E-state index contributed by atoms with van der Waals surface area (Å²) < 4.78 is 3.44. The van der Waals surface area contributed by atoms with Crippen molar-refractivity contribution >= 4 is 23.3 Å². The SMILES string of the molecule is CCCCCn1nc(C)cc1NC(=O)C(=O)Nc1cnn(C(C)C)c1. The summed E-state index contributed by atoms with van der Waals surface area (Å²) in [6, 6.07) is 1.94. The van der Waals surface area contributed by atoms with Crippen molar-refractivity contribution in [2.75, 3.05) is 10.6 Å². The number of nitrogens with zero attached hydrogens (tertiary/aromatic N) is 4. The average Bonchev–Trinajstić information content (AvgIpc) is 3.14. The van der Waals surface area contributed by atoms with Crippen LogP contribution in [-0.4, -0.2) is 31.4 Å². The molecule has 0 atom stereocenters. The summed E-state index contributed by atoms with van der Waals surface area (Å²) >= 11 is 0. The number of anilines is 2. The first kappa shape index (κ1) is 18.7. The maximum Gasteiger partial charge on any atom is 0.315 e. The lowest BCUT2D eigenvalue weighted by molar-refractivity contribution is -0.133. The first-order valence-electron chi connectivity index (χ1n) is 8.61. The highest BCUT2D eigenvalue weighted by atomic mass is 16.2. The normalized spacial score (nSPS) is 10.9. The molecule has 0 aliphatic carbocycles. The first-order valence-corrected chi connectivity index (χ1v) is 8.61. The van der Waals surface area contributed by atoms with E-state index in [1.807, 2.05) is 20.8 Å². The number of carbonyl (C=O) groups is 2. The zero-order valence-electron chi connectivity index (χ0n) is 15.2. The molecule has 8 nitrogen and oxygen atoms in total. The van der Waals surface area contributed by atoms with Crippen molar-refractivity contribution in [1.29, 1.82) is 0 Å². The predicted molar refractivity (Wildman–Crippen MR) is 96.4 cm³/mol. The molecule has 2 N–H and O–H groups in total. The Hall–Kier alpha value is -2.64. The number of carbonyl (C=O) groups excluding carboxylic acids is 2. The van der Waals surface area contributed by atoms with Crippen LogP contribution >= 0.6 is 0 Å². The highest BCUT2D eigenvalue weighted by Gasteiger charge is 2.17. The van der Waals surface area contributed by atoms with Gasteiger partial charge in [0.1, 0.15) is 5.82 Å². The monoisotopic (exact) mass is 346 g/mol. The lowest BCUT2D eigenvalue weighted by atomic mass is 10.2. The largest absolute Gasteiger partial charge is 0.315 e. The quantitative estimate of drug-likeness (QED) is 0.595. The van der Waals surface area contributed by atoms with Gasteiger partial charge in [-0.1, -0.05) is 19.8 Å². The van der Waals surface area contributed by atoms with Crippen LogP contribution in [0.4, 0.5) is 11.5 Å². The standard InChI is InChI=1S/C17H26N6O2/c1-5-6-7-8-22-15(9-13(4)21-22)20-17(25)16(24)19-14-10-18-23(11-14)12(2)3/h9-12H,5-8H2,1-4H3,(H,19,24)(H,20,25). The topological polar surface area (TPSA) is 93.8 Å². The minimum absolute atomic E-state index is 0.180. The third-order valence-electron chi connectivity index (χ3n) is 3.71. The average molecular weight is 346 g/mol. The molecule has 2 aromatic rings. The van der Waals surface area contributed by atoms with Gasteiger partial charge in [0, 0.05) is 24.8 Å². The molecule has 2 heterocycles. The van der Waals surface area contributed by atoms with Gasteiger partial charge in [-0.2, -0.15) is 10.2 Å². The van der Waals surface area contributed by atoms with Crippen LogP contribution in [0, 0.1) is 6.92 Å². The van der Waals surface area contributed by atoms with Crippen molar-refractivity contribution in [3.05, 3.63) is 24.2 Å². The fraction of sp³-hybridized carbons (Fsp3) is 0.529. The van der Waals surface area contributed by atoms with Gasteiger partial charge in [-0.15, -0.1) is 0 Å². The van der Waals surface area contributed by atoms with Crippen LogP contribution < -0.4 is 10.6 Å². The van der Waals surface area contributed by atoms with E-state index in [1.54, 1.807) is 21.6 Å². The van der Waals surface area contributed by atoms with Gasteiger partial charge in [0.15, 0.2) is 0 Å². The van der Waals surface area contributed by atoms with Crippen LogP contribution in [0.25, 0.3) is 0 Å². The molecule has 0 aliphatic rings. The summed E-state index contributed by atoms with van der Waals surface area (Å²) in [4.78, 5) is 24.2. The second-order valence-electron chi connectivity index (χ2n) is 6.31. The van der Waals surface area contributed by atoms with E-state index < -0.39 is 11.8 Å². The first-order chi connectivity index (χ1) is 11.9. The van der Waals surface area contributed by atoms with Crippen LogP contribution in [0.3, 0.4) is 0 Å². The smallest absolute Gasteiger partial charge is 0.315 e. The molecule has 0 saturated carbocycles. The van der Waals surface area contributed by atoms with Crippen LogP contribution in [0.5, 0.6) is 0 Å². The summed E-state index contributed by atoms with van der Waals surface area (Å²) in [5.41, 5.74) is 1.28. The molecule has 0 spiro atoms. The van der Waals surface area contributed by atoms with Crippen LogP contribution in [0.15, 0.2) is 18.5 Å². The molecule has 2 aromatic heterocycles. The molecule has 0 aromatic carbocycles. The van der Waals surface area contributed by atoms with Crippen molar-refractivity contribution in [3.63, 3.8) is 0 Å². The number of nitrogens with one attached hydrogen (secondary N) is 2. The Bertz CT molecular complexity index is 731. The van der Waals surface area contributed by atoms with Gasteiger partial charge in [-0.25, -0.2) is 4.68 Å². The number of hydrogen-bond acceptors (Lipinski definition) is 4. The van der Waals surface area contributed by atoms with Gasteiger partial charge >= 0.3 is 11.8 Å². The zero-order chi connectivity index (χ0) is 18.4. The Morgan fingerprint density at radius 2 is 1.92 bits per heavy atom. The minimum Gasteiger partial charge on any atom is -0.315 e. The third-order valence-corrected chi connectivity index (χ3v) is 3.71. The lowest BCUT2D eigenvalue weighted by Crippen LogP contribution is -2.30. The fourth-order valence-corrected chi connectivity index (χ4v) is 2.37. The number of aromatic nitrogens is 4. The molecular formula is C17H26N6O2. The van der Waals surface area contributed by atoms with E-state index in [-0.39, 0.29) is 6.04 Å². The van der Waals surface area contributed by atoms with Gasteiger partial charge in [0.2, 0.25) is 0 Å². The summed E-state index contributed by atoms with van der Waals surface area (Å²) in [6.07, 6.45) is 6.38. The molecule has 0 unspecified atom stereocenters. The molecule has 25 heavy (non-hydrogen) atoms. The number of hydrogen-bond donors (Lipinski definition) is 2. The van der Waals surface area contributed by atoms with E-state index in [2.05, 4.69) is 27.8 Å². The van der Waals surface area contributed by atoms with Crippen molar-refractivity contribution in [1.82, 2.24) is 19.6 Å². The second-order valence-corrected chi connectivity index (χ2v) is 6.31. The maximum atomic E-state index is 12.2. The Kier molecular flexibility index (Phi) is 6.32. The lowest BCUT2D eigenvalue weighted by Gasteiger charge is -2.08. The van der Waals surface area contributed by atoms with Gasteiger partial charge in [0.05, 0.1) is 17.6 Å². The highest BCUT2D eigenvalue weighted by molar-refractivity contribution is 6.43. The number of unbranched alkanes of at least 4 members (excludes halogenated alkanes) is 2. The molecule has 0 aliphatic heterocycles. The molecular weight excluding hydrogens is 320 g/mol. The summed E-state index contributed by atoms with van der Waals surface area (Å²) in [6.45, 7) is 8.65. The summed E-state index contributed by atoms with van der Waals surface area (Å²) in [7, 11) is 0. The molecule has 136 valence electrons. The summed E-state index contributed by atoms with van der Waals surface area (Å²) in [5.74, 6) is -0.928.